The van der Waals surface area contributed by atoms with E-state index < -0.39 is 25.7 Å². The number of carbonyl (C=O) groups excluding carboxylic acids is 1. The van der Waals surface area contributed by atoms with Crippen molar-refractivity contribution >= 4 is 25.6 Å². The van der Waals surface area contributed by atoms with Gasteiger partial charge >= 0.3 is 0 Å². The molecule has 0 aliphatic rings. The minimum absolute atomic E-state index is 0.0629. The Morgan fingerprint density at radius 2 is 1.86 bits per heavy atom. The quantitative estimate of drug-likeness (QED) is 0.811. The molecule has 1 atom stereocenters. The van der Waals surface area contributed by atoms with Crippen molar-refractivity contribution < 1.29 is 17.6 Å². The lowest BCUT2D eigenvalue weighted by molar-refractivity contribution is 0.0924. The number of rotatable bonds is 6. The molecule has 0 fully saturated rings. The molecule has 0 aliphatic carbocycles. The molecule has 0 spiro atoms. The van der Waals surface area contributed by atoms with Crippen LogP contribution in [-0.2, 0) is 9.05 Å². The van der Waals surface area contributed by atoms with Crippen LogP contribution in [-0.4, -0.2) is 20.4 Å². The van der Waals surface area contributed by atoms with Gasteiger partial charge in [0.25, 0.3) is 15.0 Å². The third kappa shape index (κ3) is 4.97. The largest absolute Gasteiger partial charge is 0.349 e. The smallest absolute Gasteiger partial charge is 0.261 e. The summed E-state index contributed by atoms with van der Waals surface area (Å²) < 4.78 is 35.9. The fourth-order valence-electron chi connectivity index (χ4n) is 2.24. The summed E-state index contributed by atoms with van der Waals surface area (Å²) in [7, 11) is 1.10. The zero-order valence-corrected chi connectivity index (χ0v) is 13.8. The Morgan fingerprint density at radius 3 is 2.33 bits per heavy atom. The number of hydrogen-bond donors (Lipinski definition) is 1. The topological polar surface area (TPSA) is 63.2 Å². The number of carbonyl (C=O) groups is 1. The van der Waals surface area contributed by atoms with Gasteiger partial charge in [-0.25, -0.2) is 12.8 Å². The minimum Gasteiger partial charge on any atom is -0.349 e. The first-order valence-corrected chi connectivity index (χ1v) is 9.06. The van der Waals surface area contributed by atoms with E-state index >= 15 is 0 Å². The first-order chi connectivity index (χ1) is 9.68. The lowest BCUT2D eigenvalue weighted by Gasteiger charge is -2.22. The monoisotopic (exact) mass is 335 g/mol. The molecular formula is C14H19ClFNO3S. The number of halogens is 2. The second-order valence-electron chi connectivity index (χ2n) is 4.95. The van der Waals surface area contributed by atoms with Gasteiger partial charge < -0.3 is 5.32 Å². The maximum Gasteiger partial charge on any atom is 0.261 e. The minimum atomic E-state index is -4.08. The van der Waals surface area contributed by atoms with Crippen molar-refractivity contribution in [1.82, 2.24) is 5.32 Å². The lowest BCUT2D eigenvalue weighted by Crippen LogP contribution is -2.37. The maximum absolute atomic E-state index is 13.4. The number of nitrogens with one attached hydrogen (secondary N) is 1. The average molecular weight is 336 g/mol. The molecule has 21 heavy (non-hydrogen) atoms. The third-order valence-electron chi connectivity index (χ3n) is 3.53. The summed E-state index contributed by atoms with van der Waals surface area (Å²) in [5.74, 6) is -1.04. The van der Waals surface area contributed by atoms with Crippen molar-refractivity contribution in [3.8, 4) is 0 Å². The highest BCUT2D eigenvalue weighted by molar-refractivity contribution is 8.13. The normalized spacial score (nSPS) is 13.2. The molecule has 1 aromatic rings. The average Bonchev–Trinajstić information content (AvgIpc) is 2.38. The number of hydrogen-bond acceptors (Lipinski definition) is 3. The van der Waals surface area contributed by atoms with Crippen LogP contribution in [0.3, 0.4) is 0 Å². The molecule has 118 valence electrons. The standard InChI is InChI=1S/C14H19ClFNO3S/c1-4-10(5-2)9(3)17-14(18)11-6-12(16)8-13(7-11)21(15,19)20/h6-10H,4-5H2,1-3H3,(H,17,18). The molecular weight excluding hydrogens is 317 g/mol. The Bertz CT molecular complexity index is 615. The van der Waals surface area contributed by atoms with Crippen LogP contribution < -0.4 is 5.32 Å². The predicted molar refractivity (Wildman–Crippen MR) is 80.4 cm³/mol. The van der Waals surface area contributed by atoms with E-state index in [1.165, 1.54) is 0 Å². The Labute approximate surface area is 129 Å². The Morgan fingerprint density at radius 1 is 1.29 bits per heavy atom. The Hall–Kier alpha value is -1.14. The van der Waals surface area contributed by atoms with Gasteiger partial charge in [-0.3, -0.25) is 4.79 Å². The van der Waals surface area contributed by atoms with Gasteiger partial charge in [0.15, 0.2) is 0 Å². The van der Waals surface area contributed by atoms with Gasteiger partial charge in [0.05, 0.1) is 4.90 Å². The first kappa shape index (κ1) is 17.9. The van der Waals surface area contributed by atoms with E-state index in [0.717, 1.165) is 31.0 Å². The first-order valence-electron chi connectivity index (χ1n) is 6.75. The molecule has 1 unspecified atom stereocenters. The van der Waals surface area contributed by atoms with Gasteiger partial charge in [-0.15, -0.1) is 0 Å². The Balaban J connectivity index is 3.01. The lowest BCUT2D eigenvalue weighted by atomic mass is 9.95. The highest BCUT2D eigenvalue weighted by Crippen LogP contribution is 2.19. The van der Waals surface area contributed by atoms with Crippen LogP contribution in [0.25, 0.3) is 0 Å². The molecule has 4 nitrogen and oxygen atoms in total. The Kier molecular flexibility index (Phi) is 6.16. The predicted octanol–water partition coefficient (Wildman–Crippen LogP) is 3.31. The molecule has 0 bridgehead atoms. The fourth-order valence-corrected chi connectivity index (χ4v) is 3.03. The summed E-state index contributed by atoms with van der Waals surface area (Å²) in [6.45, 7) is 5.92. The van der Waals surface area contributed by atoms with Gasteiger partial charge in [-0.2, -0.15) is 0 Å². The molecule has 0 heterocycles. The van der Waals surface area contributed by atoms with Gasteiger partial charge in [-0.05, 0) is 31.0 Å². The highest BCUT2D eigenvalue weighted by Gasteiger charge is 2.19. The van der Waals surface area contributed by atoms with Crippen LogP contribution in [0.2, 0.25) is 0 Å². The van der Waals surface area contributed by atoms with Crippen LogP contribution in [0, 0.1) is 11.7 Å². The zero-order chi connectivity index (χ0) is 16.2. The second-order valence-corrected chi connectivity index (χ2v) is 7.52. The van der Waals surface area contributed by atoms with E-state index in [2.05, 4.69) is 5.32 Å². The summed E-state index contributed by atoms with van der Waals surface area (Å²) in [6, 6.07) is 2.75. The molecule has 1 amide bonds. The number of benzene rings is 1. The van der Waals surface area contributed by atoms with Crippen LogP contribution in [0.15, 0.2) is 23.1 Å². The molecule has 0 aliphatic heterocycles. The zero-order valence-electron chi connectivity index (χ0n) is 12.2. The van der Waals surface area contributed by atoms with Gasteiger partial charge in [0.2, 0.25) is 0 Å². The summed E-state index contributed by atoms with van der Waals surface area (Å²) in [6.07, 6.45) is 1.81. The van der Waals surface area contributed by atoms with E-state index in [9.17, 15) is 17.6 Å². The molecule has 7 heteroatoms. The van der Waals surface area contributed by atoms with Crippen molar-refractivity contribution in [3.05, 3.63) is 29.6 Å². The molecule has 1 N–H and O–H groups in total. The van der Waals surface area contributed by atoms with Crippen LogP contribution in [0.5, 0.6) is 0 Å². The van der Waals surface area contributed by atoms with Gasteiger partial charge in [0.1, 0.15) is 5.82 Å². The second kappa shape index (κ2) is 7.22. The van der Waals surface area contributed by atoms with Gasteiger partial charge in [-0.1, -0.05) is 26.7 Å². The van der Waals surface area contributed by atoms with E-state index in [1.807, 2.05) is 20.8 Å². The highest BCUT2D eigenvalue weighted by atomic mass is 35.7. The molecule has 0 radical (unpaired) electrons. The molecule has 0 aromatic heterocycles. The van der Waals surface area contributed by atoms with Crippen LogP contribution in [0.4, 0.5) is 4.39 Å². The van der Waals surface area contributed by atoms with Crippen molar-refractivity contribution in [1.29, 1.82) is 0 Å². The summed E-state index contributed by atoms with van der Waals surface area (Å²) in [5.41, 5.74) is -0.0629. The van der Waals surface area contributed by atoms with E-state index in [-0.39, 0.29) is 11.6 Å². The van der Waals surface area contributed by atoms with Crippen molar-refractivity contribution in [2.24, 2.45) is 5.92 Å². The molecule has 0 saturated carbocycles. The summed E-state index contributed by atoms with van der Waals surface area (Å²) >= 11 is 0. The van der Waals surface area contributed by atoms with Crippen LogP contribution >= 0.6 is 10.7 Å². The SMILES string of the molecule is CCC(CC)C(C)NC(=O)c1cc(F)cc(S(=O)(=O)Cl)c1. The number of amides is 1. The fraction of sp³-hybridized carbons (Fsp3) is 0.500. The summed E-state index contributed by atoms with van der Waals surface area (Å²) in [4.78, 5) is 11.7. The summed E-state index contributed by atoms with van der Waals surface area (Å²) in [5, 5.41) is 2.76. The van der Waals surface area contributed by atoms with E-state index in [1.54, 1.807) is 0 Å². The van der Waals surface area contributed by atoms with E-state index in [0.29, 0.717) is 5.92 Å². The molecule has 1 rings (SSSR count). The van der Waals surface area contributed by atoms with E-state index in [4.69, 9.17) is 10.7 Å². The molecule has 1 aromatic carbocycles. The van der Waals surface area contributed by atoms with Crippen LogP contribution in [0.1, 0.15) is 44.0 Å². The van der Waals surface area contributed by atoms with Crippen molar-refractivity contribution in [3.63, 3.8) is 0 Å². The third-order valence-corrected chi connectivity index (χ3v) is 4.86. The van der Waals surface area contributed by atoms with Crippen molar-refractivity contribution in [2.75, 3.05) is 0 Å². The maximum atomic E-state index is 13.4. The van der Waals surface area contributed by atoms with Gasteiger partial charge in [0, 0.05) is 22.3 Å². The van der Waals surface area contributed by atoms with Crippen molar-refractivity contribution in [2.45, 2.75) is 44.6 Å². The molecule has 0 saturated heterocycles.